The zero-order valence-corrected chi connectivity index (χ0v) is 12.8. The summed E-state index contributed by atoms with van der Waals surface area (Å²) >= 11 is 0. The lowest BCUT2D eigenvalue weighted by Crippen LogP contribution is -2.13. The summed E-state index contributed by atoms with van der Waals surface area (Å²) in [7, 11) is 0. The van der Waals surface area contributed by atoms with Crippen LogP contribution in [0.2, 0.25) is 0 Å². The predicted octanol–water partition coefficient (Wildman–Crippen LogP) is 4.27. The van der Waals surface area contributed by atoms with Gasteiger partial charge in [0.15, 0.2) is 0 Å². The van der Waals surface area contributed by atoms with Crippen molar-refractivity contribution in [3.63, 3.8) is 0 Å². The summed E-state index contributed by atoms with van der Waals surface area (Å²) in [5.74, 6) is -0.672. The first-order chi connectivity index (χ1) is 11.1. The second-order valence-electron chi connectivity index (χ2n) is 5.99. The summed E-state index contributed by atoms with van der Waals surface area (Å²) in [6.45, 7) is 3.97. The van der Waals surface area contributed by atoms with Gasteiger partial charge in [0.05, 0.1) is 5.69 Å². The van der Waals surface area contributed by atoms with Gasteiger partial charge in [-0.2, -0.15) is 0 Å². The Morgan fingerprint density at radius 1 is 1.13 bits per heavy atom. The minimum absolute atomic E-state index is 0.134. The Balaban J connectivity index is 2.00. The van der Waals surface area contributed by atoms with Crippen LogP contribution in [0.1, 0.15) is 28.3 Å². The van der Waals surface area contributed by atoms with E-state index in [9.17, 15) is 9.70 Å². The first-order valence-electron chi connectivity index (χ1n) is 7.46. The molecule has 5 heteroatoms. The van der Waals surface area contributed by atoms with Gasteiger partial charge >= 0.3 is 0 Å². The number of hydrogen-bond donors (Lipinski definition) is 2. The number of nitroso groups, excluding NO2 is 1. The highest BCUT2D eigenvalue weighted by Crippen LogP contribution is 2.44. The molecule has 0 radical (unpaired) electrons. The fraction of sp³-hybridized carbons (Fsp3) is 0.167. The smallest absolute Gasteiger partial charge is 0.238 e. The van der Waals surface area contributed by atoms with E-state index in [-0.39, 0.29) is 5.91 Å². The van der Waals surface area contributed by atoms with Gasteiger partial charge in [0.25, 0.3) is 0 Å². The van der Waals surface area contributed by atoms with Crippen molar-refractivity contribution in [2.24, 2.45) is 5.18 Å². The molecule has 1 aliphatic rings. The Bertz CT molecular complexity index is 972. The first kappa shape index (κ1) is 13.7. The molecule has 2 heterocycles. The third-order valence-corrected chi connectivity index (χ3v) is 4.42. The number of amides is 1. The number of aromatic nitrogens is 1. The lowest BCUT2D eigenvalue weighted by Gasteiger charge is -2.09. The van der Waals surface area contributed by atoms with Crippen molar-refractivity contribution in [3.8, 4) is 0 Å². The maximum atomic E-state index is 12.6. The van der Waals surface area contributed by atoms with Crippen molar-refractivity contribution < 1.29 is 4.79 Å². The number of anilines is 1. The zero-order valence-electron chi connectivity index (χ0n) is 12.8. The Kier molecular flexibility index (Phi) is 2.84. The molecule has 2 N–H and O–H groups in total. The van der Waals surface area contributed by atoms with Gasteiger partial charge in [-0.1, -0.05) is 35.9 Å². The summed E-state index contributed by atoms with van der Waals surface area (Å²) in [5, 5.41) is 6.87. The van der Waals surface area contributed by atoms with Crippen molar-refractivity contribution in [3.05, 3.63) is 63.7 Å². The summed E-state index contributed by atoms with van der Waals surface area (Å²) in [4.78, 5) is 27.2. The normalized spacial score (nSPS) is 16.4. The highest BCUT2D eigenvalue weighted by Gasteiger charge is 2.36. The molecular weight excluding hydrogens is 290 g/mol. The number of aromatic amines is 1. The van der Waals surface area contributed by atoms with Gasteiger partial charge in [0, 0.05) is 16.6 Å². The molecule has 1 aromatic heterocycles. The molecule has 0 fully saturated rings. The van der Waals surface area contributed by atoms with E-state index in [4.69, 9.17) is 0 Å². The maximum Gasteiger partial charge on any atom is 0.238 e. The van der Waals surface area contributed by atoms with E-state index < -0.39 is 5.92 Å². The molecule has 0 spiro atoms. The molecule has 114 valence electrons. The minimum atomic E-state index is -0.538. The topological polar surface area (TPSA) is 74.3 Å². The zero-order chi connectivity index (χ0) is 16.1. The fourth-order valence-electron chi connectivity index (χ4n) is 3.48. The van der Waals surface area contributed by atoms with Crippen LogP contribution in [0.4, 0.5) is 11.4 Å². The van der Waals surface area contributed by atoms with Crippen LogP contribution >= 0.6 is 0 Å². The SMILES string of the molecule is Cc1cc(C)c2c(c1)C(c1[nH]c3ccccc3c1N=O)C(=O)N2. The molecule has 1 aliphatic heterocycles. The summed E-state index contributed by atoms with van der Waals surface area (Å²) in [6, 6.07) is 11.5. The molecule has 1 amide bonds. The highest BCUT2D eigenvalue weighted by atomic mass is 16.3. The molecule has 23 heavy (non-hydrogen) atoms. The second kappa shape index (κ2) is 4.78. The third kappa shape index (κ3) is 1.90. The molecule has 3 aromatic rings. The fourth-order valence-corrected chi connectivity index (χ4v) is 3.48. The summed E-state index contributed by atoms with van der Waals surface area (Å²) in [6.07, 6.45) is 0. The molecule has 1 unspecified atom stereocenters. The number of benzene rings is 2. The number of carbonyl (C=O) groups excluding carboxylic acids is 1. The third-order valence-electron chi connectivity index (χ3n) is 4.42. The van der Waals surface area contributed by atoms with Crippen LogP contribution in [0.15, 0.2) is 41.6 Å². The minimum Gasteiger partial charge on any atom is -0.356 e. The molecule has 0 saturated heterocycles. The van der Waals surface area contributed by atoms with E-state index in [1.807, 2.05) is 50.2 Å². The lowest BCUT2D eigenvalue weighted by atomic mass is 9.93. The Morgan fingerprint density at radius 2 is 1.91 bits per heavy atom. The molecule has 0 saturated carbocycles. The summed E-state index contributed by atoms with van der Waals surface area (Å²) in [5.41, 5.74) is 5.51. The van der Waals surface area contributed by atoms with Gasteiger partial charge in [-0.15, -0.1) is 4.91 Å². The van der Waals surface area contributed by atoms with Gasteiger partial charge < -0.3 is 10.3 Å². The van der Waals surface area contributed by atoms with Crippen molar-refractivity contribution in [2.75, 3.05) is 5.32 Å². The van der Waals surface area contributed by atoms with Crippen LogP contribution < -0.4 is 5.32 Å². The largest absolute Gasteiger partial charge is 0.356 e. The molecule has 5 nitrogen and oxygen atoms in total. The summed E-state index contributed by atoms with van der Waals surface area (Å²) < 4.78 is 0. The lowest BCUT2D eigenvalue weighted by molar-refractivity contribution is -0.116. The van der Waals surface area contributed by atoms with E-state index in [2.05, 4.69) is 15.5 Å². The highest BCUT2D eigenvalue weighted by molar-refractivity contribution is 6.08. The van der Waals surface area contributed by atoms with Crippen LogP contribution in [0, 0.1) is 18.8 Å². The van der Waals surface area contributed by atoms with Gasteiger partial charge in [0.1, 0.15) is 11.6 Å². The first-order valence-corrected chi connectivity index (χ1v) is 7.46. The van der Waals surface area contributed by atoms with E-state index in [1.54, 1.807) is 0 Å². The van der Waals surface area contributed by atoms with Crippen LogP contribution in [-0.4, -0.2) is 10.9 Å². The number of carbonyl (C=O) groups is 1. The quantitative estimate of drug-likeness (QED) is 0.694. The van der Waals surface area contributed by atoms with Crippen molar-refractivity contribution >= 4 is 28.2 Å². The average molecular weight is 305 g/mol. The van der Waals surface area contributed by atoms with E-state index in [0.29, 0.717) is 11.4 Å². The molecule has 2 aromatic carbocycles. The van der Waals surface area contributed by atoms with Gasteiger partial charge in [-0.25, -0.2) is 0 Å². The Hall–Kier alpha value is -2.95. The maximum absolute atomic E-state index is 12.6. The van der Waals surface area contributed by atoms with Crippen molar-refractivity contribution in [1.82, 2.24) is 4.98 Å². The second-order valence-corrected chi connectivity index (χ2v) is 5.99. The number of para-hydroxylation sites is 1. The number of aryl methyl sites for hydroxylation is 2. The molecule has 0 aliphatic carbocycles. The monoisotopic (exact) mass is 305 g/mol. The van der Waals surface area contributed by atoms with Crippen LogP contribution in [-0.2, 0) is 4.79 Å². The van der Waals surface area contributed by atoms with E-state index in [1.165, 1.54) is 0 Å². The van der Waals surface area contributed by atoms with Crippen molar-refractivity contribution in [1.29, 1.82) is 0 Å². The number of rotatable bonds is 2. The van der Waals surface area contributed by atoms with E-state index in [0.717, 1.165) is 33.3 Å². The van der Waals surface area contributed by atoms with Gasteiger partial charge in [0.2, 0.25) is 5.91 Å². The number of hydrogen-bond acceptors (Lipinski definition) is 3. The van der Waals surface area contributed by atoms with Gasteiger partial charge in [-0.3, -0.25) is 4.79 Å². The standard InChI is InChI=1S/C18H15N3O2/c1-9-7-10(2)15-12(8-9)14(18(22)20-15)17-16(21-23)11-5-3-4-6-13(11)19-17/h3-8,14,19H,1-2H3,(H,20,22). The molecule has 1 atom stereocenters. The van der Waals surface area contributed by atoms with E-state index >= 15 is 0 Å². The number of nitrogens with zero attached hydrogens (tertiary/aromatic N) is 1. The molecule has 0 bridgehead atoms. The van der Waals surface area contributed by atoms with Gasteiger partial charge in [-0.05, 0) is 36.2 Å². The Morgan fingerprint density at radius 3 is 2.70 bits per heavy atom. The Labute approximate surface area is 132 Å². The molecular formula is C18H15N3O2. The van der Waals surface area contributed by atoms with Crippen molar-refractivity contribution in [2.45, 2.75) is 19.8 Å². The van der Waals surface area contributed by atoms with Crippen LogP contribution in [0.25, 0.3) is 10.9 Å². The number of nitrogens with one attached hydrogen (secondary N) is 2. The molecule has 4 rings (SSSR count). The van der Waals surface area contributed by atoms with Crippen LogP contribution in [0.5, 0.6) is 0 Å². The average Bonchev–Trinajstić information content (AvgIpc) is 3.04. The number of H-pyrrole nitrogens is 1. The predicted molar refractivity (Wildman–Crippen MR) is 90.1 cm³/mol. The number of fused-ring (bicyclic) bond motifs is 2. The van der Waals surface area contributed by atoms with Crippen LogP contribution in [0.3, 0.4) is 0 Å².